The first-order chi connectivity index (χ1) is 11.5. The molecule has 1 amide bonds. The van der Waals surface area contributed by atoms with E-state index in [1.165, 1.54) is 0 Å². The van der Waals surface area contributed by atoms with Gasteiger partial charge >= 0.3 is 0 Å². The zero-order valence-corrected chi connectivity index (χ0v) is 13.8. The van der Waals surface area contributed by atoms with Gasteiger partial charge in [-0.3, -0.25) is 10.1 Å². The van der Waals surface area contributed by atoms with Crippen LogP contribution >= 0.6 is 0 Å². The van der Waals surface area contributed by atoms with Crippen LogP contribution in [0.4, 0.5) is 5.95 Å². The molecule has 0 aliphatic rings. The molecule has 0 fully saturated rings. The average molecular weight is 323 g/mol. The Hall–Kier alpha value is -3.14. The molecule has 0 aliphatic heterocycles. The third-order valence-corrected chi connectivity index (χ3v) is 3.96. The molecule has 1 aromatic carbocycles. The van der Waals surface area contributed by atoms with Crippen molar-refractivity contribution in [1.82, 2.24) is 14.7 Å². The van der Waals surface area contributed by atoms with Crippen molar-refractivity contribution in [1.29, 1.82) is 5.26 Å². The molecule has 1 N–H and O–H groups in total. The molecule has 24 heavy (non-hydrogen) atoms. The van der Waals surface area contributed by atoms with Crippen molar-refractivity contribution in [3.63, 3.8) is 0 Å². The lowest BCUT2D eigenvalue weighted by Gasteiger charge is -2.07. The molecule has 0 spiro atoms. The van der Waals surface area contributed by atoms with Gasteiger partial charge < -0.3 is 9.09 Å². The summed E-state index contributed by atoms with van der Waals surface area (Å²) in [5, 5.41) is 15.7. The zero-order chi connectivity index (χ0) is 17.3. The lowest BCUT2D eigenvalue weighted by molar-refractivity contribution is -0.115. The summed E-state index contributed by atoms with van der Waals surface area (Å²) in [7, 11) is 0. The van der Waals surface area contributed by atoms with Crippen LogP contribution in [0.3, 0.4) is 0 Å². The second-order valence-corrected chi connectivity index (χ2v) is 5.52. The molecule has 2 heterocycles. The summed E-state index contributed by atoms with van der Waals surface area (Å²) in [6, 6.07) is 7.39. The fraction of sp³-hybridized carbons (Fsp3) is 0.294. The summed E-state index contributed by atoms with van der Waals surface area (Å²) < 4.78 is 6.99. The minimum atomic E-state index is -0.185. The Bertz CT molecular complexity index is 942. The van der Waals surface area contributed by atoms with Gasteiger partial charge in [-0.15, -0.1) is 0 Å². The number of nitrogens with zero attached hydrogens (tertiary/aromatic N) is 4. The fourth-order valence-corrected chi connectivity index (χ4v) is 2.70. The number of amides is 1. The maximum Gasteiger partial charge on any atom is 0.231 e. The molecule has 0 radical (unpaired) electrons. The van der Waals surface area contributed by atoms with E-state index in [0.29, 0.717) is 35.0 Å². The second kappa shape index (κ2) is 6.16. The van der Waals surface area contributed by atoms with E-state index in [9.17, 15) is 4.79 Å². The smallest absolute Gasteiger partial charge is 0.231 e. The number of aromatic nitrogens is 3. The van der Waals surface area contributed by atoms with Crippen LogP contribution in [0.15, 0.2) is 22.7 Å². The van der Waals surface area contributed by atoms with Crippen LogP contribution in [0.2, 0.25) is 0 Å². The molecule has 2 aromatic heterocycles. The summed E-state index contributed by atoms with van der Waals surface area (Å²) in [5.74, 6) is 0.930. The number of hydrogen-bond acceptors (Lipinski definition) is 5. The van der Waals surface area contributed by atoms with Crippen LogP contribution in [0, 0.1) is 25.2 Å². The van der Waals surface area contributed by atoms with E-state index >= 15 is 0 Å². The largest absolute Gasteiger partial charge is 0.361 e. The van der Waals surface area contributed by atoms with Gasteiger partial charge in [-0.2, -0.15) is 5.26 Å². The molecular weight excluding hydrogens is 306 g/mol. The van der Waals surface area contributed by atoms with Gasteiger partial charge in [0.15, 0.2) is 0 Å². The zero-order valence-electron chi connectivity index (χ0n) is 13.8. The number of nitrogens with one attached hydrogen (secondary N) is 1. The number of carbonyl (C=O) groups is 1. The van der Waals surface area contributed by atoms with Crippen LogP contribution in [0.1, 0.15) is 29.5 Å². The molecular formula is C17H17N5O2. The van der Waals surface area contributed by atoms with Crippen LogP contribution in [0.25, 0.3) is 11.0 Å². The quantitative estimate of drug-likeness (QED) is 0.796. The first kappa shape index (κ1) is 15.7. The van der Waals surface area contributed by atoms with Crippen molar-refractivity contribution in [2.75, 3.05) is 5.32 Å². The molecule has 7 nitrogen and oxygen atoms in total. The van der Waals surface area contributed by atoms with Gasteiger partial charge in [0.2, 0.25) is 11.9 Å². The van der Waals surface area contributed by atoms with Crippen LogP contribution < -0.4 is 5.32 Å². The molecule has 0 aliphatic carbocycles. The Morgan fingerprint density at radius 2 is 2.21 bits per heavy atom. The van der Waals surface area contributed by atoms with Crippen molar-refractivity contribution in [3.8, 4) is 6.07 Å². The van der Waals surface area contributed by atoms with E-state index in [4.69, 9.17) is 9.78 Å². The van der Waals surface area contributed by atoms with Gasteiger partial charge in [0, 0.05) is 12.1 Å². The SMILES string of the molecule is CCn1c(NC(=O)Cc2c(C)noc2C)nc2cc(C#N)ccc21. The number of fused-ring (bicyclic) bond motifs is 1. The molecule has 3 rings (SSSR count). The normalized spacial score (nSPS) is 10.8. The third-order valence-electron chi connectivity index (χ3n) is 3.96. The third kappa shape index (κ3) is 2.74. The Morgan fingerprint density at radius 1 is 1.42 bits per heavy atom. The molecule has 0 saturated carbocycles. The number of nitriles is 1. The lowest BCUT2D eigenvalue weighted by atomic mass is 10.1. The Balaban J connectivity index is 1.89. The standard InChI is InChI=1S/C17H17N5O2/c1-4-22-15-6-5-12(9-18)7-14(15)19-17(22)20-16(23)8-13-10(2)21-24-11(13)3/h5-7H,4,8H2,1-3H3,(H,19,20,23). The topological polar surface area (TPSA) is 96.7 Å². The van der Waals surface area contributed by atoms with Gasteiger partial charge in [-0.25, -0.2) is 4.98 Å². The predicted molar refractivity (Wildman–Crippen MR) is 88.4 cm³/mol. The summed E-state index contributed by atoms with van der Waals surface area (Å²) in [4.78, 5) is 16.8. The van der Waals surface area contributed by atoms with Crippen LogP contribution in [-0.2, 0) is 17.8 Å². The Labute approximate surface area is 138 Å². The van der Waals surface area contributed by atoms with E-state index in [-0.39, 0.29) is 12.3 Å². The van der Waals surface area contributed by atoms with Crippen molar-refractivity contribution >= 4 is 22.9 Å². The monoisotopic (exact) mass is 323 g/mol. The highest BCUT2D eigenvalue weighted by atomic mass is 16.5. The summed E-state index contributed by atoms with van der Waals surface area (Å²) in [6.07, 6.45) is 0.178. The molecule has 0 atom stereocenters. The Morgan fingerprint density at radius 3 is 2.83 bits per heavy atom. The number of benzene rings is 1. The van der Waals surface area contributed by atoms with E-state index in [0.717, 1.165) is 11.1 Å². The number of hydrogen-bond donors (Lipinski definition) is 1. The van der Waals surface area contributed by atoms with Crippen LogP contribution in [0.5, 0.6) is 0 Å². The van der Waals surface area contributed by atoms with E-state index in [2.05, 4.69) is 21.5 Å². The van der Waals surface area contributed by atoms with E-state index in [1.807, 2.05) is 24.5 Å². The highest BCUT2D eigenvalue weighted by Gasteiger charge is 2.16. The molecule has 0 bridgehead atoms. The van der Waals surface area contributed by atoms with Gasteiger partial charge in [-0.1, -0.05) is 5.16 Å². The van der Waals surface area contributed by atoms with Gasteiger partial charge in [0.05, 0.1) is 34.8 Å². The number of anilines is 1. The van der Waals surface area contributed by atoms with Crippen LogP contribution in [-0.4, -0.2) is 20.6 Å². The predicted octanol–water partition coefficient (Wildman–Crippen LogP) is 2.71. The molecule has 7 heteroatoms. The average Bonchev–Trinajstić information content (AvgIpc) is 3.07. The first-order valence-corrected chi connectivity index (χ1v) is 7.65. The fourth-order valence-electron chi connectivity index (χ4n) is 2.70. The highest BCUT2D eigenvalue weighted by Crippen LogP contribution is 2.21. The number of carbonyl (C=O) groups excluding carboxylic acids is 1. The summed E-state index contributed by atoms with van der Waals surface area (Å²) in [6.45, 7) is 6.23. The maximum absolute atomic E-state index is 12.4. The Kier molecular flexibility index (Phi) is 4.04. The maximum atomic E-state index is 12.4. The van der Waals surface area contributed by atoms with Crippen molar-refractivity contribution in [2.24, 2.45) is 0 Å². The molecule has 3 aromatic rings. The molecule has 0 saturated heterocycles. The van der Waals surface area contributed by atoms with Crippen molar-refractivity contribution in [3.05, 3.63) is 40.8 Å². The number of imidazole rings is 1. The van der Waals surface area contributed by atoms with E-state index < -0.39 is 0 Å². The number of aryl methyl sites for hydroxylation is 3. The summed E-state index contributed by atoms with van der Waals surface area (Å²) in [5.41, 5.74) is 3.60. The van der Waals surface area contributed by atoms with Gasteiger partial charge in [0.25, 0.3) is 0 Å². The summed E-state index contributed by atoms with van der Waals surface area (Å²) >= 11 is 0. The first-order valence-electron chi connectivity index (χ1n) is 7.65. The van der Waals surface area contributed by atoms with Crippen molar-refractivity contribution < 1.29 is 9.32 Å². The molecule has 0 unspecified atom stereocenters. The second-order valence-electron chi connectivity index (χ2n) is 5.52. The minimum absolute atomic E-state index is 0.178. The van der Waals surface area contributed by atoms with Gasteiger partial charge in [0.1, 0.15) is 5.76 Å². The molecule has 122 valence electrons. The lowest BCUT2D eigenvalue weighted by Crippen LogP contribution is -2.18. The minimum Gasteiger partial charge on any atom is -0.361 e. The highest BCUT2D eigenvalue weighted by molar-refractivity contribution is 5.93. The van der Waals surface area contributed by atoms with E-state index in [1.54, 1.807) is 19.1 Å². The number of rotatable bonds is 4. The van der Waals surface area contributed by atoms with Crippen molar-refractivity contribution in [2.45, 2.75) is 33.7 Å². The van der Waals surface area contributed by atoms with Gasteiger partial charge in [-0.05, 0) is 39.0 Å².